The van der Waals surface area contributed by atoms with E-state index in [1.54, 1.807) is 0 Å². The van der Waals surface area contributed by atoms with Gasteiger partial charge in [-0.2, -0.15) is 0 Å². The number of aryl methyl sites for hydroxylation is 1. The second-order valence-electron chi connectivity index (χ2n) is 5.49. The summed E-state index contributed by atoms with van der Waals surface area (Å²) >= 11 is 0. The van der Waals surface area contributed by atoms with Gasteiger partial charge in [0, 0.05) is 19.2 Å². The number of nitrogens with one attached hydrogen (secondary N) is 2. The molecule has 20 heavy (non-hydrogen) atoms. The molecule has 1 aliphatic rings. The number of carbonyl (C=O) groups excluding carboxylic acids is 1. The summed E-state index contributed by atoms with van der Waals surface area (Å²) in [4.78, 5) is 11.8. The average Bonchev–Trinajstić information content (AvgIpc) is 2.97. The van der Waals surface area contributed by atoms with E-state index in [9.17, 15) is 4.79 Å². The molecular formula is C16H24N2O2. The van der Waals surface area contributed by atoms with Crippen LogP contribution in [0.2, 0.25) is 0 Å². The van der Waals surface area contributed by atoms with Crippen LogP contribution in [0.3, 0.4) is 0 Å². The molecule has 0 aliphatic carbocycles. The minimum absolute atomic E-state index is 0.0244. The van der Waals surface area contributed by atoms with E-state index in [0.717, 1.165) is 25.0 Å². The standard InChI is InChI=1S/C16H24N2O2/c1-12-5-3-6-14(9-12)10-18-16(19)11-17-13(2)15-7-4-8-20-15/h3,5-6,9,13,15,17H,4,7-8,10-11H2,1-2H3,(H,18,19)/t13-,15-/m1/s1. The highest BCUT2D eigenvalue weighted by atomic mass is 16.5. The highest BCUT2D eigenvalue weighted by Crippen LogP contribution is 2.15. The molecule has 1 fully saturated rings. The lowest BCUT2D eigenvalue weighted by molar-refractivity contribution is -0.120. The Morgan fingerprint density at radius 3 is 3.05 bits per heavy atom. The van der Waals surface area contributed by atoms with Crippen LogP contribution in [0.25, 0.3) is 0 Å². The third kappa shape index (κ3) is 4.62. The van der Waals surface area contributed by atoms with Crippen molar-refractivity contribution in [1.82, 2.24) is 10.6 Å². The SMILES string of the molecule is Cc1cccc(CNC(=O)CN[C@H](C)[C@H]2CCCO2)c1. The molecule has 1 saturated heterocycles. The number of ether oxygens (including phenoxy) is 1. The highest BCUT2D eigenvalue weighted by Gasteiger charge is 2.22. The van der Waals surface area contributed by atoms with Crippen LogP contribution >= 0.6 is 0 Å². The smallest absolute Gasteiger partial charge is 0.234 e. The Morgan fingerprint density at radius 1 is 1.50 bits per heavy atom. The van der Waals surface area contributed by atoms with Crippen molar-refractivity contribution in [3.05, 3.63) is 35.4 Å². The molecule has 0 unspecified atom stereocenters. The third-order valence-electron chi connectivity index (χ3n) is 3.68. The van der Waals surface area contributed by atoms with Gasteiger partial charge in [-0.05, 0) is 32.3 Å². The predicted molar refractivity (Wildman–Crippen MR) is 79.5 cm³/mol. The third-order valence-corrected chi connectivity index (χ3v) is 3.68. The molecule has 1 aromatic carbocycles. The van der Waals surface area contributed by atoms with Crippen molar-refractivity contribution in [1.29, 1.82) is 0 Å². The minimum Gasteiger partial charge on any atom is -0.377 e. The van der Waals surface area contributed by atoms with Gasteiger partial charge in [0.1, 0.15) is 0 Å². The van der Waals surface area contributed by atoms with Gasteiger partial charge in [-0.1, -0.05) is 29.8 Å². The molecule has 0 bridgehead atoms. The Balaban J connectivity index is 1.67. The van der Waals surface area contributed by atoms with Crippen molar-refractivity contribution < 1.29 is 9.53 Å². The van der Waals surface area contributed by atoms with E-state index < -0.39 is 0 Å². The van der Waals surface area contributed by atoms with Crippen LogP contribution < -0.4 is 10.6 Å². The second kappa shape index (κ2) is 7.41. The summed E-state index contributed by atoms with van der Waals surface area (Å²) in [5.74, 6) is 0.0244. The van der Waals surface area contributed by atoms with Crippen molar-refractivity contribution in [2.24, 2.45) is 0 Å². The summed E-state index contributed by atoms with van der Waals surface area (Å²) in [7, 11) is 0. The molecule has 2 N–H and O–H groups in total. The van der Waals surface area contributed by atoms with Gasteiger partial charge in [-0.25, -0.2) is 0 Å². The molecule has 1 amide bonds. The fourth-order valence-corrected chi connectivity index (χ4v) is 2.47. The van der Waals surface area contributed by atoms with Gasteiger partial charge >= 0.3 is 0 Å². The van der Waals surface area contributed by atoms with Gasteiger partial charge in [0.2, 0.25) is 5.91 Å². The van der Waals surface area contributed by atoms with Crippen LogP contribution in [-0.2, 0) is 16.1 Å². The first-order chi connectivity index (χ1) is 9.65. The van der Waals surface area contributed by atoms with E-state index in [1.165, 1.54) is 5.56 Å². The zero-order valence-corrected chi connectivity index (χ0v) is 12.3. The first kappa shape index (κ1) is 15.0. The summed E-state index contributed by atoms with van der Waals surface area (Å²) in [5.41, 5.74) is 2.34. The van der Waals surface area contributed by atoms with Crippen LogP contribution in [0.5, 0.6) is 0 Å². The maximum absolute atomic E-state index is 11.8. The van der Waals surface area contributed by atoms with Gasteiger partial charge in [-0.15, -0.1) is 0 Å². The minimum atomic E-state index is 0.0244. The monoisotopic (exact) mass is 276 g/mol. The lowest BCUT2D eigenvalue weighted by Crippen LogP contribution is -2.42. The number of amides is 1. The fourth-order valence-electron chi connectivity index (χ4n) is 2.47. The molecule has 1 aliphatic heterocycles. The van der Waals surface area contributed by atoms with Crippen molar-refractivity contribution in [2.75, 3.05) is 13.2 Å². The van der Waals surface area contributed by atoms with Crippen molar-refractivity contribution in [2.45, 2.75) is 45.4 Å². The van der Waals surface area contributed by atoms with Crippen LogP contribution in [-0.4, -0.2) is 31.2 Å². The van der Waals surface area contributed by atoms with Crippen LogP contribution in [0, 0.1) is 6.92 Å². The molecule has 0 saturated carbocycles. The van der Waals surface area contributed by atoms with E-state index in [1.807, 2.05) is 12.1 Å². The summed E-state index contributed by atoms with van der Waals surface area (Å²) in [6, 6.07) is 8.39. The molecule has 110 valence electrons. The van der Waals surface area contributed by atoms with Gasteiger partial charge in [0.25, 0.3) is 0 Å². The van der Waals surface area contributed by atoms with E-state index in [-0.39, 0.29) is 18.1 Å². The van der Waals surface area contributed by atoms with E-state index >= 15 is 0 Å². The fraction of sp³-hybridized carbons (Fsp3) is 0.562. The predicted octanol–water partition coefficient (Wildman–Crippen LogP) is 1.77. The van der Waals surface area contributed by atoms with Gasteiger partial charge in [-0.3, -0.25) is 4.79 Å². The summed E-state index contributed by atoms with van der Waals surface area (Å²) < 4.78 is 5.60. The Kier molecular flexibility index (Phi) is 5.56. The van der Waals surface area contributed by atoms with Crippen molar-refractivity contribution in [3.8, 4) is 0 Å². The largest absolute Gasteiger partial charge is 0.377 e. The summed E-state index contributed by atoms with van der Waals surface area (Å²) in [6.45, 7) is 5.89. The number of hydrogen-bond donors (Lipinski definition) is 2. The lowest BCUT2D eigenvalue weighted by Gasteiger charge is -2.19. The molecular weight excluding hydrogens is 252 g/mol. The molecule has 2 rings (SSSR count). The van der Waals surface area contributed by atoms with Crippen LogP contribution in [0.15, 0.2) is 24.3 Å². The summed E-state index contributed by atoms with van der Waals surface area (Å²) in [5, 5.41) is 6.16. The molecule has 4 heteroatoms. The van der Waals surface area contributed by atoms with Crippen molar-refractivity contribution >= 4 is 5.91 Å². The van der Waals surface area contributed by atoms with Crippen molar-refractivity contribution in [3.63, 3.8) is 0 Å². The van der Waals surface area contributed by atoms with E-state index in [0.29, 0.717) is 13.1 Å². The van der Waals surface area contributed by atoms with Crippen LogP contribution in [0.4, 0.5) is 0 Å². The van der Waals surface area contributed by atoms with E-state index in [4.69, 9.17) is 4.74 Å². The summed E-state index contributed by atoms with van der Waals surface area (Å²) in [6.07, 6.45) is 2.45. The Hall–Kier alpha value is -1.39. The zero-order chi connectivity index (χ0) is 14.4. The number of rotatable bonds is 6. The van der Waals surface area contributed by atoms with Gasteiger partial charge in [0.15, 0.2) is 0 Å². The Morgan fingerprint density at radius 2 is 2.35 bits per heavy atom. The zero-order valence-electron chi connectivity index (χ0n) is 12.3. The number of hydrogen-bond acceptors (Lipinski definition) is 3. The van der Waals surface area contributed by atoms with Gasteiger partial charge in [0.05, 0.1) is 12.6 Å². The second-order valence-corrected chi connectivity index (χ2v) is 5.49. The quantitative estimate of drug-likeness (QED) is 0.832. The lowest BCUT2D eigenvalue weighted by atomic mass is 10.1. The Labute approximate surface area is 120 Å². The molecule has 0 spiro atoms. The first-order valence-corrected chi connectivity index (χ1v) is 7.32. The molecule has 2 atom stereocenters. The maximum atomic E-state index is 11.8. The highest BCUT2D eigenvalue weighted by molar-refractivity contribution is 5.78. The van der Waals surface area contributed by atoms with Crippen LogP contribution in [0.1, 0.15) is 30.9 Å². The Bertz CT molecular complexity index is 442. The topological polar surface area (TPSA) is 50.4 Å². The molecule has 1 aromatic rings. The number of carbonyl (C=O) groups is 1. The first-order valence-electron chi connectivity index (χ1n) is 7.32. The maximum Gasteiger partial charge on any atom is 0.234 e. The molecule has 4 nitrogen and oxygen atoms in total. The normalized spacial score (nSPS) is 19.8. The average molecular weight is 276 g/mol. The molecule has 0 radical (unpaired) electrons. The number of benzene rings is 1. The van der Waals surface area contributed by atoms with Gasteiger partial charge < -0.3 is 15.4 Å². The molecule has 0 aromatic heterocycles. The molecule has 1 heterocycles. The van der Waals surface area contributed by atoms with E-state index in [2.05, 4.69) is 36.6 Å².